The van der Waals surface area contributed by atoms with Gasteiger partial charge in [-0.3, -0.25) is 14.4 Å². The second kappa shape index (κ2) is 16.5. The first-order chi connectivity index (χ1) is 20.8. The molecule has 0 aliphatic carbocycles. The van der Waals surface area contributed by atoms with Crippen molar-refractivity contribution in [2.24, 2.45) is 22.7 Å². The van der Waals surface area contributed by atoms with E-state index in [1.54, 1.807) is 20.8 Å². The monoisotopic (exact) mass is 682 g/mol. The number of nitrogens with one attached hydrogen (secondary N) is 4. The Morgan fingerprint density at radius 3 is 1.96 bits per heavy atom. The third-order valence-corrected chi connectivity index (χ3v) is 9.59. The predicted octanol–water partition coefficient (Wildman–Crippen LogP) is 1.52. The van der Waals surface area contributed by atoms with Gasteiger partial charge in [-0.2, -0.15) is 0 Å². The number of halogens is 2. The van der Waals surface area contributed by atoms with E-state index >= 15 is 0 Å². The number of urea groups is 1. The third kappa shape index (κ3) is 12.2. The van der Waals surface area contributed by atoms with Gasteiger partial charge < -0.3 is 31.3 Å². The van der Waals surface area contributed by atoms with Gasteiger partial charge in [0.1, 0.15) is 18.1 Å². The van der Waals surface area contributed by atoms with E-state index < -0.39 is 94.3 Å². The maximum absolute atomic E-state index is 14.2. The Hall–Kier alpha value is -2.59. The quantitative estimate of drug-likeness (QED) is 0.184. The topological polar surface area (TPSA) is 177 Å². The summed E-state index contributed by atoms with van der Waals surface area (Å²) in [5.41, 5.74) is -1.40. The van der Waals surface area contributed by atoms with Gasteiger partial charge in [0.25, 0.3) is 0 Å². The molecular weight excluding hydrogens is 626 g/mol. The number of carbonyl (C=O) groups is 4. The van der Waals surface area contributed by atoms with Crippen molar-refractivity contribution in [3.05, 3.63) is 0 Å². The first-order valence-electron chi connectivity index (χ1n) is 15.6. The standard InChI is InChI=1S/C30H56F2N6O7S/c1-17(2)19-12-13-38(23(19)26(41)34-20(14-22(31)32)25(40)33-18(3)16-39)27(42)24(30(7,8)9)36-28(43)35-21(29(4,5)6)15-37(10)46(11,44)45/h17-24,39H,12-16H2,1-11H3,(H,33,40)(H,34,41)(H2,35,36,43)/t18?,19-,20+,21-,23+,24-/m1/s1. The molecule has 0 radical (unpaired) electrons. The zero-order valence-corrected chi connectivity index (χ0v) is 29.9. The van der Waals surface area contributed by atoms with Crippen molar-refractivity contribution in [1.29, 1.82) is 0 Å². The van der Waals surface area contributed by atoms with E-state index in [-0.39, 0.29) is 24.9 Å². The molecule has 1 aliphatic rings. The van der Waals surface area contributed by atoms with Gasteiger partial charge in [0.2, 0.25) is 34.2 Å². The number of nitrogens with zero attached hydrogens (tertiary/aromatic N) is 2. The van der Waals surface area contributed by atoms with Crippen molar-refractivity contribution in [2.75, 3.05) is 33.0 Å². The number of alkyl halides is 2. The van der Waals surface area contributed by atoms with Crippen LogP contribution in [0.4, 0.5) is 13.6 Å². The van der Waals surface area contributed by atoms with Crippen molar-refractivity contribution in [2.45, 2.75) is 112 Å². The van der Waals surface area contributed by atoms with Crippen molar-refractivity contribution in [3.63, 3.8) is 0 Å². The number of hydrogen-bond donors (Lipinski definition) is 5. The summed E-state index contributed by atoms with van der Waals surface area (Å²) in [5, 5.41) is 19.6. The van der Waals surface area contributed by atoms with Gasteiger partial charge in [-0.05, 0) is 36.0 Å². The summed E-state index contributed by atoms with van der Waals surface area (Å²) >= 11 is 0. The highest BCUT2D eigenvalue weighted by Crippen LogP contribution is 2.33. The Morgan fingerprint density at radius 2 is 1.52 bits per heavy atom. The van der Waals surface area contributed by atoms with Crippen LogP contribution in [-0.2, 0) is 24.4 Å². The first kappa shape index (κ1) is 41.4. The molecule has 0 bridgehead atoms. The largest absolute Gasteiger partial charge is 0.394 e. The maximum Gasteiger partial charge on any atom is 0.315 e. The number of aliphatic hydroxyl groups excluding tert-OH is 1. The Morgan fingerprint density at radius 1 is 0.957 bits per heavy atom. The summed E-state index contributed by atoms with van der Waals surface area (Å²) in [7, 11) is -2.13. The van der Waals surface area contributed by atoms with E-state index in [4.69, 9.17) is 0 Å². The molecule has 16 heteroatoms. The fourth-order valence-corrected chi connectivity index (χ4v) is 5.65. The van der Waals surface area contributed by atoms with Gasteiger partial charge >= 0.3 is 6.03 Å². The summed E-state index contributed by atoms with van der Waals surface area (Å²) < 4.78 is 52.1. The van der Waals surface area contributed by atoms with E-state index in [2.05, 4.69) is 21.3 Å². The summed E-state index contributed by atoms with van der Waals surface area (Å²) in [4.78, 5) is 55.3. The number of carbonyl (C=O) groups excluding carboxylic acids is 4. The Bertz CT molecular complexity index is 1170. The van der Waals surface area contributed by atoms with Crippen molar-refractivity contribution in [3.8, 4) is 0 Å². The molecule has 1 heterocycles. The van der Waals surface area contributed by atoms with E-state index in [0.29, 0.717) is 6.42 Å². The molecule has 0 aromatic carbocycles. The summed E-state index contributed by atoms with van der Waals surface area (Å²) in [5.74, 6) is -2.66. The second-order valence-corrected chi connectivity index (χ2v) is 16.9. The molecule has 268 valence electrons. The highest BCUT2D eigenvalue weighted by molar-refractivity contribution is 7.88. The zero-order chi connectivity index (χ0) is 35.9. The van der Waals surface area contributed by atoms with Gasteiger partial charge in [-0.25, -0.2) is 26.3 Å². The van der Waals surface area contributed by atoms with Gasteiger partial charge in [0.05, 0.1) is 12.9 Å². The van der Waals surface area contributed by atoms with E-state index in [9.17, 15) is 41.5 Å². The number of hydrogen-bond acceptors (Lipinski definition) is 7. The molecule has 0 aromatic heterocycles. The van der Waals surface area contributed by atoms with Gasteiger partial charge in [0, 0.05) is 38.6 Å². The van der Waals surface area contributed by atoms with E-state index in [1.807, 2.05) is 34.6 Å². The Balaban J connectivity index is 3.35. The molecule has 1 unspecified atom stereocenters. The van der Waals surface area contributed by atoms with E-state index in [0.717, 1.165) is 10.6 Å². The highest BCUT2D eigenvalue weighted by atomic mass is 32.2. The van der Waals surface area contributed by atoms with Crippen LogP contribution >= 0.6 is 0 Å². The van der Waals surface area contributed by atoms with E-state index in [1.165, 1.54) is 18.9 Å². The molecule has 1 aliphatic heterocycles. The SMILES string of the molecule is CC(CO)NC(=O)[C@H](CC(F)F)NC(=O)[C@@H]1[C@@H](C(C)C)CCN1C(=O)[C@@H](NC(=O)N[C@H](CN(C)S(C)(=O)=O)C(C)(C)C)C(C)(C)C. The molecule has 0 aromatic rings. The number of likely N-dealkylation sites (tertiary alicyclic amines) is 1. The maximum atomic E-state index is 14.2. The molecular formula is C30H56F2N6O7S. The second-order valence-electron chi connectivity index (χ2n) is 14.8. The van der Waals surface area contributed by atoms with Crippen LogP contribution in [0, 0.1) is 22.7 Å². The smallest absolute Gasteiger partial charge is 0.315 e. The molecule has 13 nitrogen and oxygen atoms in total. The number of likely N-dealkylation sites (N-methyl/N-ethyl adjacent to an activating group) is 1. The molecule has 0 spiro atoms. The summed E-state index contributed by atoms with van der Waals surface area (Å²) in [6.45, 7) is 15.7. The number of amides is 5. The molecule has 46 heavy (non-hydrogen) atoms. The van der Waals surface area contributed by atoms with Crippen LogP contribution in [0.2, 0.25) is 0 Å². The highest BCUT2D eigenvalue weighted by Gasteiger charge is 2.48. The average molecular weight is 683 g/mol. The third-order valence-electron chi connectivity index (χ3n) is 8.31. The fraction of sp³-hybridized carbons (Fsp3) is 0.867. The lowest BCUT2D eigenvalue weighted by atomic mass is 9.84. The van der Waals surface area contributed by atoms with Crippen molar-refractivity contribution < 1.29 is 41.5 Å². The van der Waals surface area contributed by atoms with Crippen molar-refractivity contribution in [1.82, 2.24) is 30.5 Å². The zero-order valence-electron chi connectivity index (χ0n) is 29.1. The molecule has 1 rings (SSSR count). The Kier molecular flexibility index (Phi) is 14.9. The lowest BCUT2D eigenvalue weighted by Gasteiger charge is -2.38. The number of sulfonamides is 1. The molecule has 1 fully saturated rings. The molecule has 5 amide bonds. The lowest BCUT2D eigenvalue weighted by molar-refractivity contribution is -0.144. The molecule has 1 saturated heterocycles. The Labute approximate surface area is 273 Å². The molecule has 6 atom stereocenters. The van der Waals surface area contributed by atoms with Crippen LogP contribution in [0.5, 0.6) is 0 Å². The normalized spacial score (nSPS) is 20.3. The van der Waals surface area contributed by atoms with Crippen molar-refractivity contribution >= 4 is 33.8 Å². The minimum Gasteiger partial charge on any atom is -0.394 e. The first-order valence-corrected chi connectivity index (χ1v) is 17.4. The van der Waals surface area contributed by atoms with Gasteiger partial charge in [-0.15, -0.1) is 0 Å². The van der Waals surface area contributed by atoms with Crippen LogP contribution in [0.15, 0.2) is 0 Å². The van der Waals surface area contributed by atoms with Crippen LogP contribution < -0.4 is 21.3 Å². The minimum atomic E-state index is -3.53. The van der Waals surface area contributed by atoms with Gasteiger partial charge in [-0.1, -0.05) is 55.4 Å². The van der Waals surface area contributed by atoms with Gasteiger partial charge in [0.15, 0.2) is 0 Å². The number of aliphatic hydroxyl groups is 1. The fourth-order valence-electron chi connectivity index (χ4n) is 5.23. The molecule has 5 N–H and O–H groups in total. The van der Waals surface area contributed by atoms with Crippen LogP contribution in [0.3, 0.4) is 0 Å². The van der Waals surface area contributed by atoms with Crippen LogP contribution in [-0.4, -0.2) is 116 Å². The predicted molar refractivity (Wildman–Crippen MR) is 171 cm³/mol. The number of rotatable bonds is 14. The van der Waals surface area contributed by atoms with Crippen LogP contribution in [0.25, 0.3) is 0 Å². The lowest BCUT2D eigenvalue weighted by Crippen LogP contribution is -2.62. The minimum absolute atomic E-state index is 0.0151. The average Bonchev–Trinajstić information content (AvgIpc) is 3.34. The van der Waals surface area contributed by atoms with Crippen LogP contribution in [0.1, 0.15) is 75.2 Å². The summed E-state index contributed by atoms with van der Waals surface area (Å²) in [6.07, 6.45) is -2.38. The summed E-state index contributed by atoms with van der Waals surface area (Å²) in [6, 6.07) is -5.91. The molecule has 0 saturated carbocycles.